The van der Waals surface area contributed by atoms with E-state index in [0.717, 1.165) is 51.6 Å². The highest BCUT2D eigenvalue weighted by Gasteiger charge is 2.22. The molecule has 0 aromatic heterocycles. The fourth-order valence-electron chi connectivity index (χ4n) is 3.08. The molecule has 132 valence electrons. The molecule has 0 radical (unpaired) electrons. The smallest absolute Gasteiger partial charge is 0.236 e. The van der Waals surface area contributed by atoms with Crippen LogP contribution in [0.3, 0.4) is 0 Å². The lowest BCUT2D eigenvalue weighted by molar-refractivity contribution is -0.136. The number of nitrogens with zero attached hydrogens (tertiary/aromatic N) is 3. The summed E-state index contributed by atoms with van der Waals surface area (Å²) in [7, 11) is 0. The Kier molecular flexibility index (Phi) is 6.46. The van der Waals surface area contributed by atoms with Crippen molar-refractivity contribution >= 4 is 5.91 Å². The average Bonchev–Trinajstić information content (AvgIpc) is 2.65. The van der Waals surface area contributed by atoms with Gasteiger partial charge in [-0.15, -0.1) is 0 Å². The van der Waals surface area contributed by atoms with Crippen molar-refractivity contribution in [1.82, 2.24) is 14.7 Å². The van der Waals surface area contributed by atoms with Gasteiger partial charge in [0, 0.05) is 45.8 Å². The largest absolute Gasteiger partial charge is 0.492 e. The summed E-state index contributed by atoms with van der Waals surface area (Å²) < 4.78 is 11.0. The fourth-order valence-corrected chi connectivity index (χ4v) is 3.08. The van der Waals surface area contributed by atoms with E-state index >= 15 is 0 Å². The monoisotopic (exact) mass is 333 g/mol. The number of morpholine rings is 1. The van der Waals surface area contributed by atoms with Gasteiger partial charge in [0.25, 0.3) is 0 Å². The molecule has 24 heavy (non-hydrogen) atoms. The minimum atomic E-state index is 0.235. The van der Waals surface area contributed by atoms with E-state index in [2.05, 4.69) is 9.80 Å². The Bertz CT molecular complexity index is 497. The van der Waals surface area contributed by atoms with Crippen molar-refractivity contribution < 1.29 is 14.3 Å². The van der Waals surface area contributed by atoms with Crippen LogP contribution < -0.4 is 4.74 Å². The van der Waals surface area contributed by atoms with E-state index in [0.29, 0.717) is 26.4 Å². The van der Waals surface area contributed by atoms with Crippen LogP contribution in [-0.2, 0) is 9.53 Å². The summed E-state index contributed by atoms with van der Waals surface area (Å²) in [5.74, 6) is 1.16. The summed E-state index contributed by atoms with van der Waals surface area (Å²) in [6.07, 6.45) is 0. The summed E-state index contributed by atoms with van der Waals surface area (Å²) in [4.78, 5) is 18.8. The third-order valence-electron chi connectivity index (χ3n) is 4.61. The normalized spacial score (nSPS) is 20.1. The maximum atomic E-state index is 12.3. The second-order valence-electron chi connectivity index (χ2n) is 6.27. The average molecular weight is 333 g/mol. The van der Waals surface area contributed by atoms with E-state index in [4.69, 9.17) is 9.47 Å². The molecular formula is C18H27N3O3. The molecule has 2 aliphatic rings. The molecule has 1 aromatic carbocycles. The minimum Gasteiger partial charge on any atom is -0.492 e. The SMILES string of the molecule is O=C(CN1CCN(CCOc2ccccc2)CC1)N1CCOCC1. The molecule has 0 spiro atoms. The summed E-state index contributed by atoms with van der Waals surface area (Å²) >= 11 is 0. The van der Waals surface area contributed by atoms with Gasteiger partial charge in [0.1, 0.15) is 12.4 Å². The number of carbonyl (C=O) groups is 1. The van der Waals surface area contributed by atoms with Crippen LogP contribution in [0.5, 0.6) is 5.75 Å². The van der Waals surface area contributed by atoms with E-state index in [-0.39, 0.29) is 5.91 Å². The van der Waals surface area contributed by atoms with Crippen molar-refractivity contribution in [3.8, 4) is 5.75 Å². The zero-order valence-electron chi connectivity index (χ0n) is 14.2. The molecule has 6 nitrogen and oxygen atoms in total. The number of hydrogen-bond acceptors (Lipinski definition) is 5. The third-order valence-corrected chi connectivity index (χ3v) is 4.61. The number of ether oxygens (including phenoxy) is 2. The molecule has 2 heterocycles. The Labute approximate surface area is 143 Å². The Balaban J connectivity index is 1.31. The van der Waals surface area contributed by atoms with Gasteiger partial charge in [-0.05, 0) is 12.1 Å². The minimum absolute atomic E-state index is 0.235. The molecule has 0 unspecified atom stereocenters. The highest BCUT2D eigenvalue weighted by molar-refractivity contribution is 5.78. The summed E-state index contributed by atoms with van der Waals surface area (Å²) in [5, 5.41) is 0. The van der Waals surface area contributed by atoms with Crippen molar-refractivity contribution in [2.45, 2.75) is 0 Å². The van der Waals surface area contributed by atoms with E-state index in [1.807, 2.05) is 35.2 Å². The van der Waals surface area contributed by atoms with Gasteiger partial charge in [-0.1, -0.05) is 18.2 Å². The van der Waals surface area contributed by atoms with Gasteiger partial charge >= 0.3 is 0 Å². The molecule has 0 N–H and O–H groups in total. The van der Waals surface area contributed by atoms with Crippen LogP contribution in [0.15, 0.2) is 30.3 Å². The predicted octanol–water partition coefficient (Wildman–Crippen LogP) is 0.542. The van der Waals surface area contributed by atoms with Crippen LogP contribution in [-0.4, -0.2) is 92.8 Å². The van der Waals surface area contributed by atoms with Crippen LogP contribution >= 0.6 is 0 Å². The Morgan fingerprint density at radius 1 is 0.958 bits per heavy atom. The van der Waals surface area contributed by atoms with E-state index in [9.17, 15) is 4.79 Å². The first-order valence-electron chi connectivity index (χ1n) is 8.79. The molecule has 0 atom stereocenters. The standard InChI is InChI=1S/C18H27N3O3/c22-18(21-11-13-23-14-12-21)16-20-8-6-19(7-9-20)10-15-24-17-4-2-1-3-5-17/h1-5H,6-16H2. The maximum Gasteiger partial charge on any atom is 0.236 e. The number of piperazine rings is 1. The third kappa shape index (κ3) is 5.19. The predicted molar refractivity (Wildman–Crippen MR) is 92.2 cm³/mol. The number of amides is 1. The first-order chi connectivity index (χ1) is 11.8. The molecule has 1 amide bonds. The van der Waals surface area contributed by atoms with Crippen molar-refractivity contribution in [2.24, 2.45) is 0 Å². The first kappa shape index (κ1) is 17.2. The molecule has 2 saturated heterocycles. The van der Waals surface area contributed by atoms with Crippen molar-refractivity contribution in [1.29, 1.82) is 0 Å². The Morgan fingerprint density at radius 3 is 2.33 bits per heavy atom. The fraction of sp³-hybridized carbons (Fsp3) is 0.611. The van der Waals surface area contributed by atoms with Crippen molar-refractivity contribution in [2.75, 3.05) is 72.2 Å². The van der Waals surface area contributed by atoms with Gasteiger partial charge in [0.05, 0.1) is 19.8 Å². The molecule has 0 bridgehead atoms. The highest BCUT2D eigenvalue weighted by atomic mass is 16.5. The lowest BCUT2D eigenvalue weighted by atomic mass is 10.3. The van der Waals surface area contributed by atoms with Gasteiger partial charge in [0.15, 0.2) is 0 Å². The number of benzene rings is 1. The van der Waals surface area contributed by atoms with Crippen LogP contribution in [0.25, 0.3) is 0 Å². The lowest BCUT2D eigenvalue weighted by Crippen LogP contribution is -2.52. The van der Waals surface area contributed by atoms with Gasteiger partial charge < -0.3 is 14.4 Å². The second-order valence-corrected chi connectivity index (χ2v) is 6.27. The van der Waals surface area contributed by atoms with E-state index in [1.165, 1.54) is 0 Å². The summed E-state index contributed by atoms with van der Waals surface area (Å²) in [6.45, 7) is 8.85. The quantitative estimate of drug-likeness (QED) is 0.760. The topological polar surface area (TPSA) is 45.2 Å². The zero-order chi connectivity index (χ0) is 16.6. The van der Waals surface area contributed by atoms with E-state index < -0.39 is 0 Å². The summed E-state index contributed by atoms with van der Waals surface area (Å²) in [5.41, 5.74) is 0. The molecule has 0 saturated carbocycles. The Morgan fingerprint density at radius 2 is 1.62 bits per heavy atom. The zero-order valence-corrected chi connectivity index (χ0v) is 14.2. The maximum absolute atomic E-state index is 12.3. The van der Waals surface area contributed by atoms with Crippen LogP contribution in [0, 0.1) is 0 Å². The summed E-state index contributed by atoms with van der Waals surface area (Å²) in [6, 6.07) is 9.92. The van der Waals surface area contributed by atoms with Gasteiger partial charge in [0.2, 0.25) is 5.91 Å². The van der Waals surface area contributed by atoms with Crippen LogP contribution in [0.2, 0.25) is 0 Å². The van der Waals surface area contributed by atoms with Crippen molar-refractivity contribution in [3.63, 3.8) is 0 Å². The van der Waals surface area contributed by atoms with Crippen LogP contribution in [0.4, 0.5) is 0 Å². The van der Waals surface area contributed by atoms with E-state index in [1.54, 1.807) is 0 Å². The molecule has 2 aliphatic heterocycles. The first-order valence-corrected chi connectivity index (χ1v) is 8.79. The highest BCUT2D eigenvalue weighted by Crippen LogP contribution is 2.09. The van der Waals surface area contributed by atoms with Crippen LogP contribution in [0.1, 0.15) is 0 Å². The molecular weight excluding hydrogens is 306 g/mol. The second kappa shape index (κ2) is 9.01. The molecule has 2 fully saturated rings. The number of hydrogen-bond donors (Lipinski definition) is 0. The molecule has 0 aliphatic carbocycles. The van der Waals surface area contributed by atoms with Gasteiger partial charge in [-0.2, -0.15) is 0 Å². The van der Waals surface area contributed by atoms with Gasteiger partial charge in [-0.25, -0.2) is 0 Å². The number of carbonyl (C=O) groups excluding carboxylic acids is 1. The van der Waals surface area contributed by atoms with Crippen molar-refractivity contribution in [3.05, 3.63) is 30.3 Å². The number of para-hydroxylation sites is 1. The number of rotatable bonds is 6. The molecule has 3 rings (SSSR count). The lowest BCUT2D eigenvalue weighted by Gasteiger charge is -2.35. The Hall–Kier alpha value is -1.63. The molecule has 6 heteroatoms. The molecule has 1 aromatic rings. The van der Waals surface area contributed by atoms with Gasteiger partial charge in [-0.3, -0.25) is 14.6 Å².